The first-order valence-electron chi connectivity index (χ1n) is 9.10. The SMILES string of the molecule is CC1(C)Oc2ccc(NC(=O)C3CCCCN3C(=O)c3cccs3)cc2O1. The molecule has 1 unspecified atom stereocenters. The average Bonchev–Trinajstić information content (AvgIpc) is 3.27. The van der Waals surface area contributed by atoms with Gasteiger partial charge in [-0.2, -0.15) is 0 Å². The molecule has 142 valence electrons. The van der Waals surface area contributed by atoms with Crippen LogP contribution in [0, 0.1) is 0 Å². The molecule has 27 heavy (non-hydrogen) atoms. The fourth-order valence-electron chi connectivity index (χ4n) is 3.51. The largest absolute Gasteiger partial charge is 0.449 e. The van der Waals surface area contributed by atoms with Crippen LogP contribution >= 0.6 is 11.3 Å². The molecule has 0 radical (unpaired) electrons. The van der Waals surface area contributed by atoms with Crippen molar-refractivity contribution in [2.45, 2.75) is 44.9 Å². The van der Waals surface area contributed by atoms with Crippen LogP contribution in [0.2, 0.25) is 0 Å². The van der Waals surface area contributed by atoms with Gasteiger partial charge in [-0.25, -0.2) is 0 Å². The minimum absolute atomic E-state index is 0.0720. The van der Waals surface area contributed by atoms with Crippen LogP contribution in [-0.4, -0.2) is 35.1 Å². The molecule has 1 aromatic heterocycles. The maximum Gasteiger partial charge on any atom is 0.264 e. The van der Waals surface area contributed by atoms with Crippen molar-refractivity contribution < 1.29 is 19.1 Å². The number of rotatable bonds is 3. The van der Waals surface area contributed by atoms with Gasteiger partial charge in [-0.3, -0.25) is 9.59 Å². The van der Waals surface area contributed by atoms with E-state index in [1.165, 1.54) is 11.3 Å². The third kappa shape index (κ3) is 3.64. The van der Waals surface area contributed by atoms with Gasteiger partial charge in [-0.1, -0.05) is 6.07 Å². The molecule has 2 aliphatic rings. The number of thiophene rings is 1. The highest BCUT2D eigenvalue weighted by molar-refractivity contribution is 7.12. The van der Waals surface area contributed by atoms with Gasteiger partial charge in [0.25, 0.3) is 5.91 Å². The zero-order valence-electron chi connectivity index (χ0n) is 15.4. The van der Waals surface area contributed by atoms with Crippen LogP contribution in [0.4, 0.5) is 5.69 Å². The number of hydrogen-bond acceptors (Lipinski definition) is 5. The first-order chi connectivity index (χ1) is 12.9. The molecule has 1 aromatic carbocycles. The molecule has 1 N–H and O–H groups in total. The zero-order chi connectivity index (χ0) is 19.0. The summed E-state index contributed by atoms with van der Waals surface area (Å²) in [4.78, 5) is 28.0. The van der Waals surface area contributed by atoms with Crippen LogP contribution in [0.3, 0.4) is 0 Å². The summed E-state index contributed by atoms with van der Waals surface area (Å²) in [7, 11) is 0. The molecule has 3 heterocycles. The number of ether oxygens (including phenoxy) is 2. The Hall–Kier alpha value is -2.54. The molecule has 4 rings (SSSR count). The first-order valence-corrected chi connectivity index (χ1v) is 9.98. The summed E-state index contributed by atoms with van der Waals surface area (Å²) < 4.78 is 11.4. The van der Waals surface area contributed by atoms with E-state index in [9.17, 15) is 9.59 Å². The molecule has 7 heteroatoms. The Balaban J connectivity index is 1.49. The summed E-state index contributed by atoms with van der Waals surface area (Å²) in [6.45, 7) is 4.27. The second-order valence-corrected chi connectivity index (χ2v) is 8.19. The number of hydrogen-bond donors (Lipinski definition) is 1. The van der Waals surface area contributed by atoms with Gasteiger partial charge >= 0.3 is 0 Å². The van der Waals surface area contributed by atoms with Crippen molar-refractivity contribution >= 4 is 28.8 Å². The third-order valence-electron chi connectivity index (χ3n) is 4.72. The summed E-state index contributed by atoms with van der Waals surface area (Å²) >= 11 is 1.40. The van der Waals surface area contributed by atoms with Crippen molar-refractivity contribution in [2.75, 3.05) is 11.9 Å². The highest BCUT2D eigenvalue weighted by Gasteiger charge is 2.34. The van der Waals surface area contributed by atoms with Crippen LogP contribution in [0.25, 0.3) is 0 Å². The molecule has 0 bridgehead atoms. The molecular weight excluding hydrogens is 364 g/mol. The number of carbonyl (C=O) groups excluding carboxylic acids is 2. The number of fused-ring (bicyclic) bond motifs is 1. The fraction of sp³-hybridized carbons (Fsp3) is 0.400. The number of likely N-dealkylation sites (tertiary alicyclic amines) is 1. The summed E-state index contributed by atoms with van der Waals surface area (Å²) in [6.07, 6.45) is 2.52. The van der Waals surface area contributed by atoms with Gasteiger partial charge in [0.15, 0.2) is 11.5 Å². The van der Waals surface area contributed by atoms with Gasteiger partial charge in [-0.15, -0.1) is 11.3 Å². The third-order valence-corrected chi connectivity index (χ3v) is 5.58. The van der Waals surface area contributed by atoms with Crippen molar-refractivity contribution in [2.24, 2.45) is 0 Å². The number of nitrogens with zero attached hydrogens (tertiary/aromatic N) is 1. The molecule has 1 fully saturated rings. The Labute approximate surface area is 162 Å². The molecule has 0 spiro atoms. The van der Waals surface area contributed by atoms with Crippen molar-refractivity contribution in [1.29, 1.82) is 0 Å². The second-order valence-electron chi connectivity index (χ2n) is 7.24. The molecule has 2 aliphatic heterocycles. The van der Waals surface area contributed by atoms with Crippen molar-refractivity contribution in [3.63, 3.8) is 0 Å². The molecule has 0 saturated carbocycles. The zero-order valence-corrected chi connectivity index (χ0v) is 16.2. The summed E-state index contributed by atoms with van der Waals surface area (Å²) in [5.74, 6) is 0.311. The first kappa shape index (κ1) is 17.9. The van der Waals surface area contributed by atoms with Gasteiger partial charge in [0, 0.05) is 32.1 Å². The number of benzene rings is 1. The van der Waals surface area contributed by atoms with Gasteiger partial charge in [0.2, 0.25) is 11.7 Å². The molecule has 2 aromatic rings. The monoisotopic (exact) mass is 386 g/mol. The van der Waals surface area contributed by atoms with E-state index >= 15 is 0 Å². The average molecular weight is 386 g/mol. The standard InChI is InChI=1S/C20H22N2O4S/c1-20(2)25-15-9-8-13(12-16(15)26-20)21-18(23)14-6-3-4-10-22(14)19(24)17-7-5-11-27-17/h5,7-9,11-12,14H,3-4,6,10H2,1-2H3,(H,21,23). The van der Waals surface area contributed by atoms with Gasteiger partial charge in [-0.05, 0) is 42.8 Å². The maximum absolute atomic E-state index is 12.9. The minimum Gasteiger partial charge on any atom is -0.449 e. The van der Waals surface area contributed by atoms with E-state index in [0.29, 0.717) is 35.0 Å². The highest BCUT2D eigenvalue weighted by Crippen LogP contribution is 2.40. The Kier molecular flexibility index (Phi) is 4.55. The number of amides is 2. The smallest absolute Gasteiger partial charge is 0.264 e. The second kappa shape index (κ2) is 6.88. The van der Waals surface area contributed by atoms with Crippen molar-refractivity contribution in [1.82, 2.24) is 4.90 Å². The van der Waals surface area contributed by atoms with Crippen LogP contribution in [0.1, 0.15) is 42.8 Å². The van der Waals surface area contributed by atoms with Gasteiger partial charge in [0.05, 0.1) is 4.88 Å². The normalized spacial score (nSPS) is 20.4. The van der Waals surface area contributed by atoms with Crippen LogP contribution in [-0.2, 0) is 4.79 Å². The van der Waals surface area contributed by atoms with E-state index < -0.39 is 11.8 Å². The molecule has 2 amide bonds. The van der Waals surface area contributed by atoms with Crippen LogP contribution < -0.4 is 14.8 Å². The van der Waals surface area contributed by atoms with E-state index in [1.807, 2.05) is 25.3 Å². The highest BCUT2D eigenvalue weighted by atomic mass is 32.1. The lowest BCUT2D eigenvalue weighted by atomic mass is 10.0. The number of anilines is 1. The molecule has 6 nitrogen and oxygen atoms in total. The minimum atomic E-state index is -0.710. The van der Waals surface area contributed by atoms with E-state index in [0.717, 1.165) is 12.8 Å². The number of piperidine rings is 1. The summed E-state index contributed by atoms with van der Waals surface area (Å²) in [5, 5.41) is 4.81. The van der Waals surface area contributed by atoms with E-state index in [4.69, 9.17) is 9.47 Å². The quantitative estimate of drug-likeness (QED) is 0.869. The van der Waals surface area contributed by atoms with Gasteiger partial charge in [0.1, 0.15) is 6.04 Å². The lowest BCUT2D eigenvalue weighted by molar-refractivity contribution is -0.121. The Morgan fingerprint density at radius 1 is 1.19 bits per heavy atom. The Bertz CT molecular complexity index is 863. The fourth-order valence-corrected chi connectivity index (χ4v) is 4.19. The molecule has 1 atom stereocenters. The lowest BCUT2D eigenvalue weighted by Gasteiger charge is -2.34. The van der Waals surface area contributed by atoms with Crippen LogP contribution in [0.5, 0.6) is 11.5 Å². The number of nitrogens with one attached hydrogen (secondary N) is 1. The van der Waals surface area contributed by atoms with Crippen LogP contribution in [0.15, 0.2) is 35.7 Å². The Morgan fingerprint density at radius 2 is 2.00 bits per heavy atom. The van der Waals surface area contributed by atoms with Crippen molar-refractivity contribution in [3.05, 3.63) is 40.6 Å². The maximum atomic E-state index is 12.9. The molecular formula is C20H22N2O4S. The van der Waals surface area contributed by atoms with E-state index in [1.54, 1.807) is 29.2 Å². The topological polar surface area (TPSA) is 67.9 Å². The lowest BCUT2D eigenvalue weighted by Crippen LogP contribution is -2.49. The Morgan fingerprint density at radius 3 is 2.78 bits per heavy atom. The molecule has 1 saturated heterocycles. The predicted molar refractivity (Wildman–Crippen MR) is 103 cm³/mol. The van der Waals surface area contributed by atoms with E-state index in [-0.39, 0.29) is 11.8 Å². The molecule has 0 aliphatic carbocycles. The van der Waals surface area contributed by atoms with Crippen molar-refractivity contribution in [3.8, 4) is 11.5 Å². The summed E-state index contributed by atoms with van der Waals surface area (Å²) in [5.41, 5.74) is 0.633. The predicted octanol–water partition coefficient (Wildman–Crippen LogP) is 3.89. The van der Waals surface area contributed by atoms with E-state index in [2.05, 4.69) is 5.32 Å². The number of carbonyl (C=O) groups is 2. The van der Waals surface area contributed by atoms with Gasteiger partial charge < -0.3 is 19.7 Å². The summed E-state index contributed by atoms with van der Waals surface area (Å²) in [6, 6.07) is 8.53.